The van der Waals surface area contributed by atoms with E-state index >= 15 is 0 Å². The Morgan fingerprint density at radius 1 is 0.733 bits per heavy atom. The summed E-state index contributed by atoms with van der Waals surface area (Å²) in [6, 6.07) is 15.3. The summed E-state index contributed by atoms with van der Waals surface area (Å²) in [5.41, 5.74) is 1.01. The Bertz CT molecular complexity index is 1510. The summed E-state index contributed by atoms with van der Waals surface area (Å²) in [6.07, 6.45) is 0. The summed E-state index contributed by atoms with van der Waals surface area (Å²) in [7, 11) is 1.38. The van der Waals surface area contributed by atoms with Crippen LogP contribution < -0.4 is 0 Å². The molecule has 0 aliphatic heterocycles. The van der Waals surface area contributed by atoms with Gasteiger partial charge in [0.2, 0.25) is 0 Å². The van der Waals surface area contributed by atoms with E-state index in [2.05, 4.69) is 31.9 Å². The molecule has 5 aromatic carbocycles. The Morgan fingerprint density at radius 2 is 1.37 bits per heavy atom. The fourth-order valence-electron chi connectivity index (χ4n) is 4.31. The van der Waals surface area contributed by atoms with Crippen LogP contribution in [-0.2, 0) is 7.80 Å². The van der Waals surface area contributed by atoms with Gasteiger partial charge in [0.05, 0.1) is 18.2 Å². The Hall–Kier alpha value is -1.97. The molecular weight excluding hydrogens is 627 g/mol. The third kappa shape index (κ3) is 2.68. The zero-order valence-electron chi connectivity index (χ0n) is 15.4. The number of carbonyl (C=O) groups is 2. The summed E-state index contributed by atoms with van der Waals surface area (Å²) in [4.78, 5) is 24.9. The average molecular weight is 638 g/mol. The maximum atomic E-state index is 12.5. The number of esters is 1. The zero-order chi connectivity index (χ0) is 21.2. The fraction of sp³-hybridized carbons (Fsp3) is 0.0435. The van der Waals surface area contributed by atoms with Gasteiger partial charge in [-0.25, -0.2) is 9.59 Å². The zero-order valence-corrected chi connectivity index (χ0v) is 20.7. The first-order valence-corrected chi connectivity index (χ1v) is 11.4. The van der Waals surface area contributed by atoms with Gasteiger partial charge in [0.15, 0.2) is 23.0 Å². The third-order valence-corrected chi connectivity index (χ3v) is 7.17. The van der Waals surface area contributed by atoms with Crippen molar-refractivity contribution in [3.8, 4) is 0 Å². The van der Waals surface area contributed by atoms with Gasteiger partial charge in [0, 0.05) is 25.1 Å². The van der Waals surface area contributed by atoms with Gasteiger partial charge in [0.25, 0.3) is 0 Å². The van der Waals surface area contributed by atoms with Crippen LogP contribution >= 0.6 is 54.9 Å². The van der Waals surface area contributed by atoms with Crippen molar-refractivity contribution in [2.45, 2.75) is 0 Å². The molecule has 7 heteroatoms. The maximum Gasteiger partial charge on any atom is 0.348 e. The number of benzene rings is 5. The molecular formula is C23H11Br2IO4. The first-order valence-electron chi connectivity index (χ1n) is 8.90. The number of hydrogen-bond donors (Lipinski definition) is 0. The number of halogens is 3. The van der Waals surface area contributed by atoms with Gasteiger partial charge in [-0.15, -0.1) is 0 Å². The normalized spacial score (nSPS) is 11.6. The monoisotopic (exact) mass is 636 g/mol. The minimum absolute atomic E-state index is 0.387. The number of hydrogen-bond acceptors (Lipinski definition) is 4. The lowest BCUT2D eigenvalue weighted by atomic mass is 9.87. The molecule has 0 N–H and O–H groups in total. The number of fused-ring (bicyclic) bond motifs is 2. The Balaban J connectivity index is 2.13. The van der Waals surface area contributed by atoms with Crippen molar-refractivity contribution >= 4 is 110 Å². The van der Waals surface area contributed by atoms with E-state index in [1.54, 1.807) is 35.1 Å². The summed E-state index contributed by atoms with van der Waals surface area (Å²) in [5.74, 6) is -0.776. The van der Waals surface area contributed by atoms with Crippen molar-refractivity contribution in [3.63, 3.8) is 0 Å². The van der Waals surface area contributed by atoms with Gasteiger partial charge >= 0.3 is 11.9 Å². The highest BCUT2D eigenvalue weighted by Gasteiger charge is 2.23. The fourth-order valence-corrected chi connectivity index (χ4v) is 5.73. The highest BCUT2D eigenvalue weighted by Crippen LogP contribution is 2.47. The van der Waals surface area contributed by atoms with E-state index in [1.165, 1.54) is 7.11 Å². The summed E-state index contributed by atoms with van der Waals surface area (Å²) in [5, 5.41) is 7.52. The molecule has 0 radical (unpaired) electrons. The van der Waals surface area contributed by atoms with Crippen LogP contribution in [0, 0.1) is 0 Å². The topological polar surface area (TPSA) is 52.6 Å². The summed E-state index contributed by atoms with van der Waals surface area (Å²) < 4.78 is 11.7. The molecule has 0 atom stereocenters. The van der Waals surface area contributed by atoms with E-state index in [0.717, 1.165) is 52.0 Å². The van der Waals surface area contributed by atoms with E-state index < -0.39 is 0 Å². The lowest BCUT2D eigenvalue weighted by molar-refractivity contribution is 0.0602. The number of ether oxygens (including phenoxy) is 1. The molecule has 0 heterocycles. The second kappa shape index (κ2) is 7.32. The molecule has 0 aliphatic rings. The van der Waals surface area contributed by atoms with Crippen LogP contribution in [0.2, 0.25) is 0 Å². The predicted octanol–water partition coefficient (Wildman–Crippen LogP) is 7.56. The van der Waals surface area contributed by atoms with E-state index in [-0.39, 0.29) is 11.9 Å². The lowest BCUT2D eigenvalue weighted by Crippen LogP contribution is -2.04. The largest absolute Gasteiger partial charge is 0.465 e. The van der Waals surface area contributed by atoms with Crippen LogP contribution in [0.3, 0.4) is 0 Å². The Morgan fingerprint density at radius 3 is 2.10 bits per heavy atom. The van der Waals surface area contributed by atoms with E-state index in [9.17, 15) is 9.59 Å². The molecule has 5 aromatic rings. The van der Waals surface area contributed by atoms with E-state index in [4.69, 9.17) is 7.80 Å². The Kier molecular flexibility index (Phi) is 4.87. The molecule has 0 saturated heterocycles. The number of rotatable bonds is 2. The van der Waals surface area contributed by atoms with Crippen LogP contribution in [-0.4, -0.2) is 19.0 Å². The molecule has 0 unspecified atom stereocenters. The quantitative estimate of drug-likeness (QED) is 0.0868. The molecule has 0 aromatic heterocycles. The minimum Gasteiger partial charge on any atom is -0.465 e. The number of carbonyl (C=O) groups excluding carboxylic acids is 2. The second-order valence-corrected chi connectivity index (χ2v) is 9.02. The summed E-state index contributed by atoms with van der Waals surface area (Å²) >= 11 is 8.99. The molecule has 0 aliphatic carbocycles. The van der Waals surface area contributed by atoms with Gasteiger partial charge in [-0.3, -0.25) is 0 Å². The SMILES string of the molecule is COC(=O)c1cc(Br)c2c3cccc4c(C(=O)OI)ccc(c5c(Br)ccc1c52)c43. The van der Waals surface area contributed by atoms with Gasteiger partial charge in [-0.05, 0) is 45.1 Å². The van der Waals surface area contributed by atoms with Crippen molar-refractivity contribution in [1.29, 1.82) is 0 Å². The van der Waals surface area contributed by atoms with Crippen LogP contribution in [0.15, 0.2) is 57.5 Å². The third-order valence-electron chi connectivity index (χ3n) is 5.48. The maximum absolute atomic E-state index is 12.5. The lowest BCUT2D eigenvalue weighted by Gasteiger charge is -2.19. The van der Waals surface area contributed by atoms with Crippen LogP contribution in [0.4, 0.5) is 0 Å². The van der Waals surface area contributed by atoms with E-state index in [1.807, 2.05) is 36.4 Å². The van der Waals surface area contributed by atoms with Crippen molar-refractivity contribution in [3.05, 3.63) is 68.6 Å². The van der Waals surface area contributed by atoms with Crippen molar-refractivity contribution in [1.82, 2.24) is 0 Å². The Labute approximate surface area is 201 Å². The van der Waals surface area contributed by atoms with Crippen molar-refractivity contribution < 1.29 is 17.4 Å². The van der Waals surface area contributed by atoms with Gasteiger partial charge in [0.1, 0.15) is 0 Å². The van der Waals surface area contributed by atoms with Crippen molar-refractivity contribution in [2.24, 2.45) is 0 Å². The molecule has 0 bridgehead atoms. The first-order chi connectivity index (χ1) is 14.5. The minimum atomic E-state index is -0.389. The molecule has 0 amide bonds. The molecule has 0 saturated carbocycles. The molecule has 0 fully saturated rings. The smallest absolute Gasteiger partial charge is 0.348 e. The second-order valence-electron chi connectivity index (χ2n) is 6.87. The number of methoxy groups -OCH3 is 1. The standard InChI is InChI=1S/C23H11Br2IO4/c1-29-22(27)15-9-17(25)20-13-4-2-3-10-12(23(28)30-26)5-6-14(18(10)13)19-16(24)8-7-11(15)21(19)20/h2-9H,1H3. The van der Waals surface area contributed by atoms with E-state index in [0.29, 0.717) is 11.1 Å². The van der Waals surface area contributed by atoms with Crippen LogP contribution in [0.1, 0.15) is 20.7 Å². The molecule has 0 spiro atoms. The first kappa shape index (κ1) is 20.0. The molecule has 148 valence electrons. The van der Waals surface area contributed by atoms with Gasteiger partial charge in [-0.2, -0.15) is 0 Å². The highest BCUT2D eigenvalue weighted by molar-refractivity contribution is 14.1. The molecule has 5 rings (SSSR count). The predicted molar refractivity (Wildman–Crippen MR) is 134 cm³/mol. The van der Waals surface area contributed by atoms with Gasteiger partial charge < -0.3 is 7.80 Å². The van der Waals surface area contributed by atoms with Gasteiger partial charge in [-0.1, -0.05) is 62.2 Å². The molecule has 30 heavy (non-hydrogen) atoms. The highest BCUT2D eigenvalue weighted by atomic mass is 127. The molecule has 4 nitrogen and oxygen atoms in total. The average Bonchev–Trinajstić information content (AvgIpc) is 2.77. The summed E-state index contributed by atoms with van der Waals surface area (Å²) in [6.45, 7) is 0. The van der Waals surface area contributed by atoms with Crippen molar-refractivity contribution in [2.75, 3.05) is 7.11 Å². The van der Waals surface area contributed by atoms with Crippen LogP contribution in [0.5, 0.6) is 0 Å². The van der Waals surface area contributed by atoms with Crippen LogP contribution in [0.25, 0.3) is 43.1 Å².